The Morgan fingerprint density at radius 2 is 1.51 bits per heavy atom. The van der Waals surface area contributed by atoms with Crippen molar-refractivity contribution in [3.63, 3.8) is 0 Å². The summed E-state index contributed by atoms with van der Waals surface area (Å²) in [5.41, 5.74) is 1.60. The molecule has 2 amide bonds. The lowest BCUT2D eigenvalue weighted by molar-refractivity contribution is -0.137. The van der Waals surface area contributed by atoms with Crippen LogP contribution in [0.3, 0.4) is 0 Å². The fourth-order valence-corrected chi connectivity index (χ4v) is 4.82. The molecule has 5 aromatic rings. The molecule has 41 heavy (non-hydrogen) atoms. The van der Waals surface area contributed by atoms with E-state index in [-0.39, 0.29) is 23.0 Å². The maximum atomic E-state index is 13.0. The average molecular weight is 560 g/mol. The smallest absolute Gasteiger partial charge is 0.416 e. The Balaban J connectivity index is 1.05. The summed E-state index contributed by atoms with van der Waals surface area (Å²) in [6, 6.07) is 24.2. The normalized spacial score (nSPS) is 13.9. The molecule has 1 N–H and O–H groups in total. The van der Waals surface area contributed by atoms with Gasteiger partial charge in [-0.05, 0) is 60.7 Å². The number of halogens is 3. The van der Waals surface area contributed by atoms with E-state index < -0.39 is 17.6 Å². The van der Waals surface area contributed by atoms with E-state index in [2.05, 4.69) is 10.2 Å². The first-order chi connectivity index (χ1) is 19.7. The number of alkyl halides is 3. The van der Waals surface area contributed by atoms with Gasteiger partial charge in [-0.2, -0.15) is 13.2 Å². The van der Waals surface area contributed by atoms with Crippen LogP contribution in [0.2, 0.25) is 0 Å². The fourth-order valence-electron chi connectivity index (χ4n) is 4.82. The Morgan fingerprint density at radius 3 is 2.24 bits per heavy atom. The maximum absolute atomic E-state index is 13.0. The Morgan fingerprint density at radius 1 is 0.756 bits per heavy atom. The zero-order valence-corrected chi connectivity index (χ0v) is 21.6. The molecule has 0 atom stereocenters. The lowest BCUT2D eigenvalue weighted by Gasteiger charge is -2.35. The fraction of sp³-hybridized carbons (Fsp3) is 0.161. The number of furan rings is 2. The Labute approximate surface area is 232 Å². The van der Waals surface area contributed by atoms with E-state index in [0.29, 0.717) is 43.2 Å². The molecule has 1 aliphatic rings. The number of nitrogens with zero attached hydrogens (tertiary/aromatic N) is 2. The highest BCUT2D eigenvalue weighted by Crippen LogP contribution is 2.33. The molecular weight excluding hydrogens is 535 g/mol. The van der Waals surface area contributed by atoms with Gasteiger partial charge in [0.1, 0.15) is 11.3 Å². The van der Waals surface area contributed by atoms with Crippen LogP contribution in [-0.2, 0) is 6.18 Å². The summed E-state index contributed by atoms with van der Waals surface area (Å²) < 4.78 is 50.4. The average Bonchev–Trinajstić information content (AvgIpc) is 3.65. The van der Waals surface area contributed by atoms with E-state index in [1.807, 2.05) is 36.4 Å². The third kappa shape index (κ3) is 5.54. The third-order valence-electron chi connectivity index (χ3n) is 7.00. The molecule has 6 rings (SSSR count). The molecule has 1 fully saturated rings. The van der Waals surface area contributed by atoms with Crippen LogP contribution in [0.25, 0.3) is 22.3 Å². The van der Waals surface area contributed by atoms with Gasteiger partial charge in [-0.25, -0.2) is 0 Å². The lowest BCUT2D eigenvalue weighted by atomic mass is 10.1. The number of para-hydroxylation sites is 1. The number of fused-ring (bicyclic) bond motifs is 1. The molecule has 0 unspecified atom stereocenters. The van der Waals surface area contributed by atoms with Crippen molar-refractivity contribution < 1.29 is 31.6 Å². The predicted octanol–water partition coefficient (Wildman–Crippen LogP) is 6.93. The molecule has 3 aromatic carbocycles. The molecule has 0 bridgehead atoms. The summed E-state index contributed by atoms with van der Waals surface area (Å²) in [5.74, 6) is -0.179. The van der Waals surface area contributed by atoms with Gasteiger partial charge in [-0.15, -0.1) is 0 Å². The Hall–Kier alpha value is -4.99. The van der Waals surface area contributed by atoms with Gasteiger partial charge in [-0.1, -0.05) is 30.3 Å². The lowest BCUT2D eigenvalue weighted by Crippen LogP contribution is -2.48. The van der Waals surface area contributed by atoms with Crippen LogP contribution in [0, 0.1) is 0 Å². The van der Waals surface area contributed by atoms with Crippen LogP contribution < -0.4 is 10.2 Å². The van der Waals surface area contributed by atoms with Crippen molar-refractivity contribution in [1.29, 1.82) is 0 Å². The number of carbonyl (C=O) groups excluding carboxylic acids is 2. The van der Waals surface area contributed by atoms with Crippen LogP contribution in [0.1, 0.15) is 26.7 Å². The molecule has 3 heterocycles. The molecule has 7 nitrogen and oxygen atoms in total. The number of rotatable bonds is 5. The first-order valence-corrected chi connectivity index (χ1v) is 13.0. The van der Waals surface area contributed by atoms with Crippen LogP contribution >= 0.6 is 0 Å². The number of hydrogen-bond donors (Lipinski definition) is 1. The summed E-state index contributed by atoms with van der Waals surface area (Å²) in [7, 11) is 0. The first kappa shape index (κ1) is 26.2. The summed E-state index contributed by atoms with van der Waals surface area (Å²) in [6.07, 6.45) is -4.48. The van der Waals surface area contributed by atoms with E-state index in [4.69, 9.17) is 8.83 Å². The van der Waals surface area contributed by atoms with E-state index in [9.17, 15) is 22.8 Å². The second kappa shape index (κ2) is 10.5. The first-order valence-electron chi connectivity index (χ1n) is 13.0. The zero-order valence-electron chi connectivity index (χ0n) is 21.6. The van der Waals surface area contributed by atoms with Crippen molar-refractivity contribution in [2.45, 2.75) is 6.18 Å². The molecule has 0 aliphatic carbocycles. The van der Waals surface area contributed by atoms with Gasteiger partial charge in [0.15, 0.2) is 11.5 Å². The largest absolute Gasteiger partial charge is 0.451 e. The highest BCUT2D eigenvalue weighted by atomic mass is 19.4. The van der Waals surface area contributed by atoms with Crippen molar-refractivity contribution >= 4 is 34.2 Å². The molecule has 0 spiro atoms. The molecule has 10 heteroatoms. The second-order valence-corrected chi connectivity index (χ2v) is 9.67. The summed E-state index contributed by atoms with van der Waals surface area (Å²) in [4.78, 5) is 29.6. The van der Waals surface area contributed by atoms with Crippen LogP contribution in [0.15, 0.2) is 99.8 Å². The highest BCUT2D eigenvalue weighted by molar-refractivity contribution is 6.02. The molecule has 1 saturated heterocycles. The van der Waals surface area contributed by atoms with Crippen LogP contribution in [0.4, 0.5) is 24.5 Å². The van der Waals surface area contributed by atoms with Crippen molar-refractivity contribution in [2.24, 2.45) is 0 Å². The quantitative estimate of drug-likeness (QED) is 0.253. The standard InChI is InChI=1S/C31H24F3N3O4/c32-31(33,34)22-6-3-5-20(18-22)26-12-13-27(40-26)29(38)35-23-8-10-24(11-9-23)36-14-16-37(17-15-36)30(39)28-19-21-4-1-2-7-25(21)41-28/h1-13,18-19H,14-17H2,(H,35,38). The third-order valence-corrected chi connectivity index (χ3v) is 7.00. The molecule has 0 saturated carbocycles. The van der Waals surface area contributed by atoms with E-state index in [0.717, 1.165) is 23.2 Å². The summed E-state index contributed by atoms with van der Waals surface area (Å²) in [5, 5.41) is 3.64. The zero-order chi connectivity index (χ0) is 28.6. The maximum Gasteiger partial charge on any atom is 0.416 e. The van der Waals surface area contributed by atoms with E-state index >= 15 is 0 Å². The number of nitrogens with one attached hydrogen (secondary N) is 1. The van der Waals surface area contributed by atoms with E-state index in [1.54, 1.807) is 23.1 Å². The Bertz CT molecular complexity index is 1680. The van der Waals surface area contributed by atoms with Crippen molar-refractivity contribution in [2.75, 3.05) is 36.4 Å². The number of benzene rings is 3. The van der Waals surface area contributed by atoms with Gasteiger partial charge in [-0.3, -0.25) is 9.59 Å². The number of piperazine rings is 1. The van der Waals surface area contributed by atoms with Gasteiger partial charge in [0.25, 0.3) is 11.8 Å². The predicted molar refractivity (Wildman–Crippen MR) is 148 cm³/mol. The highest BCUT2D eigenvalue weighted by Gasteiger charge is 2.31. The monoisotopic (exact) mass is 559 g/mol. The number of anilines is 2. The van der Waals surface area contributed by atoms with Crippen molar-refractivity contribution in [1.82, 2.24) is 4.90 Å². The molecular formula is C31H24F3N3O4. The number of carbonyl (C=O) groups is 2. The number of amides is 2. The number of hydrogen-bond acceptors (Lipinski definition) is 5. The second-order valence-electron chi connectivity index (χ2n) is 9.67. The minimum absolute atomic E-state index is 0.0215. The SMILES string of the molecule is O=C(Nc1ccc(N2CCN(C(=O)c3cc4ccccc4o3)CC2)cc1)c1ccc(-c2cccc(C(F)(F)F)c2)o1. The molecule has 1 aliphatic heterocycles. The molecule has 208 valence electrons. The van der Waals surface area contributed by atoms with Gasteiger partial charge in [0.2, 0.25) is 0 Å². The van der Waals surface area contributed by atoms with Crippen molar-refractivity contribution in [3.8, 4) is 11.3 Å². The van der Waals surface area contributed by atoms with Gasteiger partial charge < -0.3 is 24.0 Å². The minimum atomic E-state index is -4.48. The summed E-state index contributed by atoms with van der Waals surface area (Å²) >= 11 is 0. The minimum Gasteiger partial charge on any atom is -0.451 e. The molecule has 2 aromatic heterocycles. The van der Waals surface area contributed by atoms with Crippen LogP contribution in [0.5, 0.6) is 0 Å². The van der Waals surface area contributed by atoms with Crippen molar-refractivity contribution in [3.05, 3.63) is 108 Å². The molecule has 0 radical (unpaired) electrons. The Kier molecular flexibility index (Phi) is 6.74. The van der Waals surface area contributed by atoms with Gasteiger partial charge in [0.05, 0.1) is 5.56 Å². The van der Waals surface area contributed by atoms with Gasteiger partial charge in [0, 0.05) is 48.5 Å². The van der Waals surface area contributed by atoms with Crippen LogP contribution in [-0.4, -0.2) is 42.9 Å². The van der Waals surface area contributed by atoms with Gasteiger partial charge >= 0.3 is 6.18 Å². The topological polar surface area (TPSA) is 78.9 Å². The van der Waals surface area contributed by atoms with E-state index in [1.165, 1.54) is 24.3 Å². The summed E-state index contributed by atoms with van der Waals surface area (Å²) in [6.45, 7) is 2.37.